The van der Waals surface area contributed by atoms with Gasteiger partial charge in [0.25, 0.3) is 5.91 Å². The number of esters is 1. The zero-order chi connectivity index (χ0) is 20.8. The normalized spacial score (nSPS) is 18.3. The van der Waals surface area contributed by atoms with Crippen LogP contribution in [-0.2, 0) is 14.3 Å². The maximum Gasteiger partial charge on any atom is 0.340 e. The third kappa shape index (κ3) is 4.78. The van der Waals surface area contributed by atoms with Crippen LogP contribution in [0.3, 0.4) is 0 Å². The molecule has 0 atom stereocenters. The smallest absolute Gasteiger partial charge is 0.340 e. The van der Waals surface area contributed by atoms with Crippen LogP contribution in [-0.4, -0.2) is 37.0 Å². The van der Waals surface area contributed by atoms with Crippen molar-refractivity contribution in [1.29, 1.82) is 0 Å². The summed E-state index contributed by atoms with van der Waals surface area (Å²) < 4.78 is 10.4. The fraction of sp³-hybridized carbons (Fsp3) is 0.417. The first-order valence-electron chi connectivity index (χ1n) is 10.3. The summed E-state index contributed by atoms with van der Waals surface area (Å²) >= 11 is 0. The van der Waals surface area contributed by atoms with Crippen molar-refractivity contribution in [3.05, 3.63) is 58.3 Å². The molecule has 0 fully saturated rings. The Balaban J connectivity index is 1.86. The highest BCUT2D eigenvalue weighted by molar-refractivity contribution is 6.16. The third-order valence-corrected chi connectivity index (χ3v) is 5.44. The van der Waals surface area contributed by atoms with Crippen LogP contribution < -0.4 is 4.74 Å². The van der Waals surface area contributed by atoms with Crippen LogP contribution in [0, 0.1) is 0 Å². The van der Waals surface area contributed by atoms with Gasteiger partial charge in [-0.1, -0.05) is 23.8 Å². The van der Waals surface area contributed by atoms with Crippen molar-refractivity contribution in [1.82, 2.24) is 4.90 Å². The number of methoxy groups -OCH3 is 1. The summed E-state index contributed by atoms with van der Waals surface area (Å²) in [6.07, 6.45) is 9.57. The minimum Gasteiger partial charge on any atom is -0.494 e. The number of hydrogen-bond acceptors (Lipinski definition) is 4. The van der Waals surface area contributed by atoms with Gasteiger partial charge in [-0.15, -0.1) is 0 Å². The first-order chi connectivity index (χ1) is 14.0. The zero-order valence-electron chi connectivity index (χ0n) is 17.5. The highest BCUT2D eigenvalue weighted by Crippen LogP contribution is 2.33. The Bertz CT molecular complexity index is 861. The second-order valence-corrected chi connectivity index (χ2v) is 7.33. The Labute approximate surface area is 172 Å². The number of carbonyl (C=O) groups excluding carboxylic acids is 2. The topological polar surface area (TPSA) is 55.8 Å². The van der Waals surface area contributed by atoms with E-state index in [1.165, 1.54) is 25.5 Å². The van der Waals surface area contributed by atoms with Gasteiger partial charge in [-0.3, -0.25) is 4.79 Å². The maximum absolute atomic E-state index is 13.2. The summed E-state index contributed by atoms with van der Waals surface area (Å²) in [7, 11) is 1.34. The molecule has 0 unspecified atom stereocenters. The number of allylic oxidation sites excluding steroid dienone is 2. The molecule has 5 nitrogen and oxygen atoms in total. The summed E-state index contributed by atoms with van der Waals surface area (Å²) in [6.45, 7) is 4.93. The molecular weight excluding hydrogens is 366 g/mol. The average molecular weight is 395 g/mol. The zero-order valence-corrected chi connectivity index (χ0v) is 17.5. The van der Waals surface area contributed by atoms with Crippen LogP contribution in [0.15, 0.2) is 52.8 Å². The van der Waals surface area contributed by atoms with E-state index >= 15 is 0 Å². The van der Waals surface area contributed by atoms with E-state index in [1.807, 2.05) is 38.1 Å². The van der Waals surface area contributed by atoms with Gasteiger partial charge in [-0.2, -0.15) is 0 Å². The molecular formula is C24H29NO4. The lowest BCUT2D eigenvalue weighted by Gasteiger charge is -2.20. The lowest BCUT2D eigenvalue weighted by Crippen LogP contribution is -2.26. The molecule has 0 radical (unpaired) electrons. The van der Waals surface area contributed by atoms with E-state index in [4.69, 9.17) is 9.47 Å². The third-order valence-electron chi connectivity index (χ3n) is 5.44. The van der Waals surface area contributed by atoms with Crippen LogP contribution in [0.2, 0.25) is 0 Å². The summed E-state index contributed by atoms with van der Waals surface area (Å²) in [4.78, 5) is 27.3. The monoisotopic (exact) mass is 395 g/mol. The minimum absolute atomic E-state index is 0.145. The van der Waals surface area contributed by atoms with Crippen molar-refractivity contribution in [2.24, 2.45) is 0 Å². The maximum atomic E-state index is 13.2. The second-order valence-electron chi connectivity index (χ2n) is 7.33. The summed E-state index contributed by atoms with van der Waals surface area (Å²) in [5.41, 5.74) is 3.64. The molecule has 0 bridgehead atoms. The lowest BCUT2D eigenvalue weighted by atomic mass is 9.97. The minimum atomic E-state index is -0.479. The molecule has 5 heteroatoms. The molecule has 0 saturated carbocycles. The Morgan fingerprint density at radius 2 is 1.97 bits per heavy atom. The van der Waals surface area contributed by atoms with Crippen LogP contribution in [0.1, 0.15) is 51.5 Å². The Morgan fingerprint density at radius 1 is 1.21 bits per heavy atom. The summed E-state index contributed by atoms with van der Waals surface area (Å²) in [5.74, 6) is 0.148. The lowest BCUT2D eigenvalue weighted by molar-refractivity contribution is -0.136. The molecule has 3 rings (SSSR count). The fourth-order valence-electron chi connectivity index (χ4n) is 3.88. The Kier molecular flexibility index (Phi) is 6.91. The number of benzene rings is 1. The van der Waals surface area contributed by atoms with E-state index in [2.05, 4.69) is 6.08 Å². The second kappa shape index (κ2) is 9.59. The first kappa shape index (κ1) is 20.9. The van der Waals surface area contributed by atoms with Crippen LogP contribution in [0.4, 0.5) is 0 Å². The van der Waals surface area contributed by atoms with E-state index in [1.54, 1.807) is 11.0 Å². The predicted octanol–water partition coefficient (Wildman–Crippen LogP) is 4.65. The average Bonchev–Trinajstić information content (AvgIpc) is 2.97. The standard InChI is InChI=1S/C24H29NO4/c1-4-29-20-12-10-19(11-13-20)16-21-22(24(27)28-3)17(2)25(23(21)26)15-14-18-8-6-5-7-9-18/h8,10-13,16H,4-7,9,14-15H2,1-3H3/b21-16-. The molecule has 0 N–H and O–H groups in total. The van der Waals surface area contributed by atoms with Crippen molar-refractivity contribution >= 4 is 18.0 Å². The fourth-order valence-corrected chi connectivity index (χ4v) is 3.88. The van der Waals surface area contributed by atoms with Gasteiger partial charge in [-0.25, -0.2) is 4.79 Å². The van der Waals surface area contributed by atoms with Crippen LogP contribution in [0.25, 0.3) is 6.08 Å². The number of rotatable bonds is 7. The molecule has 1 aliphatic heterocycles. The molecule has 154 valence electrons. The number of hydrogen-bond donors (Lipinski definition) is 0. The highest BCUT2D eigenvalue weighted by atomic mass is 16.5. The van der Waals surface area contributed by atoms with E-state index in [0.717, 1.165) is 30.6 Å². The predicted molar refractivity (Wildman–Crippen MR) is 113 cm³/mol. The van der Waals surface area contributed by atoms with Gasteiger partial charge in [0.2, 0.25) is 0 Å². The molecule has 1 aromatic carbocycles. The largest absolute Gasteiger partial charge is 0.494 e. The summed E-state index contributed by atoms with van der Waals surface area (Å²) in [6, 6.07) is 7.48. The van der Waals surface area contributed by atoms with Crippen molar-refractivity contribution in [3.63, 3.8) is 0 Å². The first-order valence-corrected chi connectivity index (χ1v) is 10.3. The quantitative estimate of drug-likeness (QED) is 0.383. The van der Waals surface area contributed by atoms with Gasteiger partial charge >= 0.3 is 5.97 Å². The van der Waals surface area contributed by atoms with Gasteiger partial charge in [0.1, 0.15) is 5.75 Å². The molecule has 1 amide bonds. The van der Waals surface area contributed by atoms with Crippen LogP contribution in [0.5, 0.6) is 5.75 Å². The van der Waals surface area contributed by atoms with Gasteiger partial charge in [0, 0.05) is 12.2 Å². The van der Waals surface area contributed by atoms with E-state index in [9.17, 15) is 9.59 Å². The molecule has 0 aromatic heterocycles. The van der Waals surface area contributed by atoms with Crippen molar-refractivity contribution in [3.8, 4) is 5.75 Å². The van der Waals surface area contributed by atoms with Gasteiger partial charge in [-0.05, 0) is 69.7 Å². The van der Waals surface area contributed by atoms with E-state index < -0.39 is 5.97 Å². The van der Waals surface area contributed by atoms with Gasteiger partial charge in [0.05, 0.1) is 24.9 Å². The van der Waals surface area contributed by atoms with E-state index in [-0.39, 0.29) is 5.91 Å². The summed E-state index contributed by atoms with van der Waals surface area (Å²) in [5, 5.41) is 0. The Hall–Kier alpha value is -2.82. The molecule has 2 aliphatic rings. The number of amides is 1. The molecule has 0 spiro atoms. The molecule has 1 aromatic rings. The molecule has 0 saturated heterocycles. The number of nitrogens with zero attached hydrogens (tertiary/aromatic N) is 1. The number of ether oxygens (including phenoxy) is 2. The molecule has 1 aliphatic carbocycles. The SMILES string of the molecule is CCOc1ccc(/C=C2\C(=O)N(CCC3=CCCCC3)C(C)=C2C(=O)OC)cc1. The van der Waals surface area contributed by atoms with Crippen molar-refractivity contribution < 1.29 is 19.1 Å². The van der Waals surface area contributed by atoms with E-state index in [0.29, 0.717) is 30.0 Å². The van der Waals surface area contributed by atoms with Gasteiger partial charge < -0.3 is 14.4 Å². The van der Waals surface area contributed by atoms with Crippen molar-refractivity contribution in [2.45, 2.75) is 46.0 Å². The van der Waals surface area contributed by atoms with Crippen molar-refractivity contribution in [2.75, 3.05) is 20.3 Å². The van der Waals surface area contributed by atoms with Crippen LogP contribution >= 0.6 is 0 Å². The Morgan fingerprint density at radius 3 is 2.59 bits per heavy atom. The van der Waals surface area contributed by atoms with Gasteiger partial charge in [0.15, 0.2) is 0 Å². The molecule has 1 heterocycles. The highest BCUT2D eigenvalue weighted by Gasteiger charge is 2.36. The molecule has 29 heavy (non-hydrogen) atoms. The number of carbonyl (C=O) groups is 2.